The van der Waals surface area contributed by atoms with Gasteiger partial charge < -0.3 is 9.64 Å². The number of nitrogens with zero attached hydrogens (tertiary/aromatic N) is 2. The summed E-state index contributed by atoms with van der Waals surface area (Å²) in [6, 6.07) is 6.78. The van der Waals surface area contributed by atoms with Gasteiger partial charge in [-0.05, 0) is 43.9 Å². The SMILES string of the molecule is COC1CCN(S(=O)(=O)[C@H]2CCCN(C(=O)c3cccc(Cl)c3)C2)CC1. The third-order valence-electron chi connectivity index (χ3n) is 5.25. The number of rotatable bonds is 4. The lowest BCUT2D eigenvalue weighted by Gasteiger charge is -2.37. The van der Waals surface area contributed by atoms with Gasteiger partial charge in [0.2, 0.25) is 10.0 Å². The molecular weight excluding hydrogens is 376 g/mol. The molecule has 3 rings (SSSR count). The number of hydrogen-bond acceptors (Lipinski definition) is 4. The molecule has 2 aliphatic rings. The molecule has 0 spiro atoms. The molecule has 1 amide bonds. The highest BCUT2D eigenvalue weighted by Gasteiger charge is 2.38. The number of sulfonamides is 1. The van der Waals surface area contributed by atoms with E-state index < -0.39 is 15.3 Å². The van der Waals surface area contributed by atoms with Crippen molar-refractivity contribution in [3.05, 3.63) is 34.9 Å². The van der Waals surface area contributed by atoms with E-state index in [0.29, 0.717) is 55.9 Å². The summed E-state index contributed by atoms with van der Waals surface area (Å²) in [4.78, 5) is 14.4. The monoisotopic (exact) mass is 400 g/mol. The van der Waals surface area contributed by atoms with E-state index in [2.05, 4.69) is 0 Å². The zero-order valence-electron chi connectivity index (χ0n) is 14.9. The van der Waals surface area contributed by atoms with Crippen LogP contribution in [-0.2, 0) is 14.8 Å². The van der Waals surface area contributed by atoms with Crippen LogP contribution >= 0.6 is 11.6 Å². The van der Waals surface area contributed by atoms with E-state index in [1.807, 2.05) is 0 Å². The van der Waals surface area contributed by atoms with Crippen LogP contribution in [0.15, 0.2) is 24.3 Å². The fraction of sp³-hybridized carbons (Fsp3) is 0.611. The van der Waals surface area contributed by atoms with Gasteiger partial charge in [-0.1, -0.05) is 17.7 Å². The van der Waals surface area contributed by atoms with Crippen molar-refractivity contribution in [3.63, 3.8) is 0 Å². The number of likely N-dealkylation sites (tertiary alicyclic amines) is 1. The Kier molecular flexibility index (Phi) is 6.22. The van der Waals surface area contributed by atoms with Crippen LogP contribution in [0.25, 0.3) is 0 Å². The number of hydrogen-bond donors (Lipinski definition) is 0. The quantitative estimate of drug-likeness (QED) is 0.778. The van der Waals surface area contributed by atoms with Crippen molar-refractivity contribution in [1.29, 1.82) is 0 Å². The smallest absolute Gasteiger partial charge is 0.253 e. The van der Waals surface area contributed by atoms with Gasteiger partial charge in [-0.15, -0.1) is 0 Å². The lowest BCUT2D eigenvalue weighted by Crippen LogP contribution is -2.51. The predicted octanol–water partition coefficient (Wildman–Crippen LogP) is 2.39. The molecule has 1 aromatic carbocycles. The normalized spacial score (nSPS) is 23.2. The summed E-state index contributed by atoms with van der Waals surface area (Å²) in [7, 11) is -1.75. The Labute approximate surface area is 160 Å². The van der Waals surface area contributed by atoms with Gasteiger partial charge in [0.15, 0.2) is 0 Å². The second-order valence-corrected chi connectivity index (χ2v) is 9.55. The summed E-state index contributed by atoms with van der Waals surface area (Å²) in [5.74, 6) is -0.162. The highest BCUT2D eigenvalue weighted by atomic mass is 35.5. The van der Waals surface area contributed by atoms with E-state index >= 15 is 0 Å². The minimum atomic E-state index is -3.42. The molecule has 144 valence electrons. The summed E-state index contributed by atoms with van der Waals surface area (Å²) >= 11 is 5.97. The van der Waals surface area contributed by atoms with E-state index in [1.165, 1.54) is 0 Å². The van der Waals surface area contributed by atoms with Crippen LogP contribution in [0.5, 0.6) is 0 Å². The fourth-order valence-electron chi connectivity index (χ4n) is 3.70. The third-order valence-corrected chi connectivity index (χ3v) is 7.80. The number of ether oxygens (including phenoxy) is 1. The van der Waals surface area contributed by atoms with Crippen LogP contribution in [-0.4, -0.2) is 68.2 Å². The Balaban J connectivity index is 1.68. The van der Waals surface area contributed by atoms with Crippen molar-refractivity contribution in [2.75, 3.05) is 33.3 Å². The maximum Gasteiger partial charge on any atom is 0.253 e. The third kappa shape index (κ3) is 4.22. The Morgan fingerprint density at radius 2 is 1.92 bits per heavy atom. The van der Waals surface area contributed by atoms with Crippen LogP contribution in [0.2, 0.25) is 5.02 Å². The van der Waals surface area contributed by atoms with Gasteiger partial charge in [-0.3, -0.25) is 4.79 Å². The topological polar surface area (TPSA) is 66.9 Å². The second kappa shape index (κ2) is 8.25. The average Bonchev–Trinajstić information content (AvgIpc) is 2.67. The number of methoxy groups -OCH3 is 1. The number of halogens is 1. The molecule has 2 fully saturated rings. The molecule has 1 aromatic rings. The van der Waals surface area contributed by atoms with Gasteiger partial charge in [0.1, 0.15) is 0 Å². The molecule has 0 N–H and O–H groups in total. The van der Waals surface area contributed by atoms with Gasteiger partial charge in [-0.25, -0.2) is 12.7 Å². The zero-order valence-corrected chi connectivity index (χ0v) is 16.5. The fourth-order valence-corrected chi connectivity index (χ4v) is 5.87. The first-order chi connectivity index (χ1) is 12.4. The Hall–Kier alpha value is -1.15. The van der Waals surface area contributed by atoms with Crippen LogP contribution in [0.3, 0.4) is 0 Å². The average molecular weight is 401 g/mol. The van der Waals surface area contributed by atoms with Crippen LogP contribution in [0.4, 0.5) is 0 Å². The molecule has 8 heteroatoms. The summed E-state index contributed by atoms with van der Waals surface area (Å²) in [5.41, 5.74) is 0.497. The minimum Gasteiger partial charge on any atom is -0.381 e. The first-order valence-electron chi connectivity index (χ1n) is 8.98. The summed E-state index contributed by atoms with van der Waals surface area (Å²) in [6.07, 6.45) is 2.84. The van der Waals surface area contributed by atoms with Crippen molar-refractivity contribution in [3.8, 4) is 0 Å². The maximum absolute atomic E-state index is 13.0. The van der Waals surface area contributed by atoms with Gasteiger partial charge in [0.05, 0.1) is 11.4 Å². The molecule has 6 nitrogen and oxygen atoms in total. The van der Waals surface area contributed by atoms with Crippen molar-refractivity contribution in [1.82, 2.24) is 9.21 Å². The number of carbonyl (C=O) groups excluding carboxylic acids is 1. The van der Waals surface area contributed by atoms with E-state index in [4.69, 9.17) is 16.3 Å². The highest BCUT2D eigenvalue weighted by Crippen LogP contribution is 2.25. The summed E-state index contributed by atoms with van der Waals surface area (Å²) in [5, 5.41) is -0.0449. The standard InChI is InChI=1S/C18H25ClN2O4S/c1-25-16-7-10-21(11-8-16)26(23,24)17-6-3-9-20(13-17)18(22)14-4-2-5-15(19)12-14/h2,4-5,12,16-17H,3,6-11,13H2,1H3/t17-/m0/s1. The Morgan fingerprint density at radius 1 is 1.19 bits per heavy atom. The van der Waals surface area contributed by atoms with Gasteiger partial charge >= 0.3 is 0 Å². The molecule has 0 saturated carbocycles. The zero-order chi connectivity index (χ0) is 18.7. The predicted molar refractivity (Wildman–Crippen MR) is 101 cm³/mol. The van der Waals surface area contributed by atoms with Gasteiger partial charge in [0, 0.05) is 43.9 Å². The van der Waals surface area contributed by atoms with Crippen molar-refractivity contribution in [2.45, 2.75) is 37.0 Å². The molecule has 2 saturated heterocycles. The Bertz CT molecular complexity index is 747. The molecule has 0 aliphatic carbocycles. The molecule has 0 radical (unpaired) electrons. The first kappa shape index (κ1) is 19.6. The van der Waals surface area contributed by atoms with Crippen LogP contribution in [0, 0.1) is 0 Å². The lowest BCUT2D eigenvalue weighted by molar-refractivity contribution is 0.0597. The van der Waals surface area contributed by atoms with E-state index in [1.54, 1.807) is 40.6 Å². The molecule has 2 aliphatic heterocycles. The van der Waals surface area contributed by atoms with Crippen LogP contribution < -0.4 is 0 Å². The van der Waals surface area contributed by atoms with Crippen molar-refractivity contribution < 1.29 is 17.9 Å². The van der Waals surface area contributed by atoms with Crippen LogP contribution in [0.1, 0.15) is 36.0 Å². The van der Waals surface area contributed by atoms with E-state index in [0.717, 1.165) is 0 Å². The van der Waals surface area contributed by atoms with Crippen molar-refractivity contribution in [2.24, 2.45) is 0 Å². The summed E-state index contributed by atoms with van der Waals surface area (Å²) in [6.45, 7) is 1.78. The molecule has 0 aromatic heterocycles. The van der Waals surface area contributed by atoms with E-state index in [-0.39, 0.29) is 18.6 Å². The maximum atomic E-state index is 13.0. The summed E-state index contributed by atoms with van der Waals surface area (Å²) < 4.78 is 32.9. The molecule has 2 heterocycles. The van der Waals surface area contributed by atoms with Crippen molar-refractivity contribution >= 4 is 27.5 Å². The highest BCUT2D eigenvalue weighted by molar-refractivity contribution is 7.89. The number of benzene rings is 1. The van der Waals surface area contributed by atoms with Gasteiger partial charge in [-0.2, -0.15) is 0 Å². The molecule has 0 bridgehead atoms. The Morgan fingerprint density at radius 3 is 2.58 bits per heavy atom. The number of amides is 1. The first-order valence-corrected chi connectivity index (χ1v) is 10.9. The second-order valence-electron chi connectivity index (χ2n) is 6.90. The molecule has 1 atom stereocenters. The minimum absolute atomic E-state index is 0.133. The molecular formula is C18H25ClN2O4S. The number of carbonyl (C=O) groups is 1. The molecule has 0 unspecified atom stereocenters. The van der Waals surface area contributed by atoms with Gasteiger partial charge in [0.25, 0.3) is 5.91 Å². The lowest BCUT2D eigenvalue weighted by atomic mass is 10.1. The van der Waals surface area contributed by atoms with E-state index in [9.17, 15) is 13.2 Å². The largest absolute Gasteiger partial charge is 0.381 e. The number of piperidine rings is 2. The molecule has 26 heavy (non-hydrogen) atoms.